The molecule has 0 bridgehead atoms. The van der Waals surface area contributed by atoms with E-state index < -0.39 is 0 Å². The molecule has 0 amide bonds. The average Bonchev–Trinajstić information content (AvgIpc) is 3.29. The van der Waals surface area contributed by atoms with E-state index in [1.165, 1.54) is 29.5 Å². The summed E-state index contributed by atoms with van der Waals surface area (Å²) in [6.45, 7) is 3.66. The Labute approximate surface area is 120 Å². The molecular weight excluding hydrogens is 246 g/mol. The van der Waals surface area contributed by atoms with Gasteiger partial charge in [0, 0.05) is 12.6 Å². The van der Waals surface area contributed by atoms with E-state index in [1.807, 2.05) is 6.07 Å². The number of hydrogen-bond acceptors (Lipinski definition) is 2. The second-order valence-corrected chi connectivity index (χ2v) is 5.58. The molecule has 0 radical (unpaired) electrons. The Morgan fingerprint density at radius 3 is 2.60 bits per heavy atom. The summed E-state index contributed by atoms with van der Waals surface area (Å²) in [6.07, 6.45) is 2.65. The van der Waals surface area contributed by atoms with E-state index in [0.29, 0.717) is 6.61 Å². The molecule has 1 N–H and O–H groups in total. The van der Waals surface area contributed by atoms with Crippen LogP contribution in [0.3, 0.4) is 0 Å². The molecule has 2 aromatic carbocycles. The average molecular weight is 267 g/mol. The van der Waals surface area contributed by atoms with Crippen LogP contribution in [-0.2, 0) is 13.2 Å². The molecule has 0 spiro atoms. The van der Waals surface area contributed by atoms with Gasteiger partial charge in [-0.05, 0) is 43.0 Å². The predicted octanol–water partition coefficient (Wildman–Crippen LogP) is 3.83. The minimum Gasteiger partial charge on any atom is -0.489 e. The lowest BCUT2D eigenvalue weighted by Gasteiger charge is -2.09. The summed E-state index contributed by atoms with van der Waals surface area (Å²) >= 11 is 0. The molecule has 0 aromatic heterocycles. The summed E-state index contributed by atoms with van der Waals surface area (Å²) < 4.78 is 5.87. The number of ether oxygens (including phenoxy) is 1. The summed E-state index contributed by atoms with van der Waals surface area (Å²) in [4.78, 5) is 0. The molecule has 1 aliphatic rings. The van der Waals surface area contributed by atoms with Crippen molar-refractivity contribution in [2.45, 2.75) is 39.0 Å². The molecule has 0 heterocycles. The predicted molar refractivity (Wildman–Crippen MR) is 81.8 cm³/mol. The first-order chi connectivity index (χ1) is 9.79. The highest BCUT2D eigenvalue weighted by Gasteiger charge is 2.19. The van der Waals surface area contributed by atoms with Crippen molar-refractivity contribution >= 4 is 0 Å². The van der Waals surface area contributed by atoms with Crippen LogP contribution in [0.25, 0.3) is 0 Å². The molecule has 0 atom stereocenters. The monoisotopic (exact) mass is 267 g/mol. The van der Waals surface area contributed by atoms with E-state index in [-0.39, 0.29) is 0 Å². The molecule has 1 fully saturated rings. The maximum Gasteiger partial charge on any atom is 0.120 e. The fraction of sp³-hybridized carbons (Fsp3) is 0.333. The largest absolute Gasteiger partial charge is 0.489 e. The third kappa shape index (κ3) is 3.84. The minimum absolute atomic E-state index is 0.625. The van der Waals surface area contributed by atoms with Crippen molar-refractivity contribution in [1.82, 2.24) is 5.32 Å². The smallest absolute Gasteiger partial charge is 0.120 e. The van der Waals surface area contributed by atoms with Crippen LogP contribution in [-0.4, -0.2) is 6.04 Å². The topological polar surface area (TPSA) is 21.3 Å². The van der Waals surface area contributed by atoms with Crippen LogP contribution >= 0.6 is 0 Å². The van der Waals surface area contributed by atoms with Gasteiger partial charge in [0.2, 0.25) is 0 Å². The maximum absolute atomic E-state index is 5.87. The first kappa shape index (κ1) is 13.2. The highest BCUT2D eigenvalue weighted by molar-refractivity contribution is 5.29. The molecule has 0 unspecified atom stereocenters. The van der Waals surface area contributed by atoms with Crippen LogP contribution in [0.5, 0.6) is 5.75 Å². The molecule has 2 aromatic rings. The van der Waals surface area contributed by atoms with E-state index in [9.17, 15) is 0 Å². The molecule has 20 heavy (non-hydrogen) atoms. The molecule has 104 valence electrons. The summed E-state index contributed by atoms with van der Waals surface area (Å²) in [6, 6.07) is 17.6. The third-order valence-electron chi connectivity index (χ3n) is 3.60. The van der Waals surface area contributed by atoms with Gasteiger partial charge in [-0.1, -0.05) is 42.0 Å². The Bertz CT molecular complexity index is 558. The van der Waals surface area contributed by atoms with E-state index >= 15 is 0 Å². The van der Waals surface area contributed by atoms with Crippen LogP contribution < -0.4 is 10.1 Å². The second-order valence-electron chi connectivity index (χ2n) is 5.58. The van der Waals surface area contributed by atoms with Crippen LogP contribution in [0.1, 0.15) is 29.5 Å². The van der Waals surface area contributed by atoms with Crippen molar-refractivity contribution in [3.05, 3.63) is 65.2 Å². The van der Waals surface area contributed by atoms with Crippen LogP contribution in [0.15, 0.2) is 48.5 Å². The molecular formula is C18H21NO. The molecule has 2 nitrogen and oxygen atoms in total. The minimum atomic E-state index is 0.625. The van der Waals surface area contributed by atoms with Crippen molar-refractivity contribution in [3.63, 3.8) is 0 Å². The first-order valence-electron chi connectivity index (χ1n) is 7.30. The molecule has 0 aliphatic heterocycles. The Balaban J connectivity index is 1.56. The number of aryl methyl sites for hydroxylation is 1. The fourth-order valence-corrected chi connectivity index (χ4v) is 2.15. The van der Waals surface area contributed by atoms with Crippen LogP contribution in [0.2, 0.25) is 0 Å². The Kier molecular flexibility index (Phi) is 4.03. The van der Waals surface area contributed by atoms with Gasteiger partial charge in [0.25, 0.3) is 0 Å². The van der Waals surface area contributed by atoms with Crippen molar-refractivity contribution < 1.29 is 4.74 Å². The lowest BCUT2D eigenvalue weighted by atomic mass is 10.2. The normalized spacial score (nSPS) is 14.2. The molecule has 3 rings (SSSR count). The summed E-state index contributed by atoms with van der Waals surface area (Å²) in [5.74, 6) is 0.945. The Hall–Kier alpha value is -1.80. The van der Waals surface area contributed by atoms with E-state index in [2.05, 4.69) is 54.7 Å². The second kappa shape index (κ2) is 6.10. The van der Waals surface area contributed by atoms with Crippen molar-refractivity contribution in [2.75, 3.05) is 0 Å². The number of benzene rings is 2. The molecule has 1 aliphatic carbocycles. The fourth-order valence-electron chi connectivity index (χ4n) is 2.15. The molecule has 1 saturated carbocycles. The SMILES string of the molecule is Cc1ccc(COc2cccc(CNC3CC3)c2)cc1. The lowest BCUT2D eigenvalue weighted by molar-refractivity contribution is 0.306. The third-order valence-corrected chi connectivity index (χ3v) is 3.60. The zero-order valence-corrected chi connectivity index (χ0v) is 11.9. The van der Waals surface area contributed by atoms with Gasteiger partial charge in [-0.3, -0.25) is 0 Å². The first-order valence-corrected chi connectivity index (χ1v) is 7.30. The number of nitrogens with one attached hydrogen (secondary N) is 1. The lowest BCUT2D eigenvalue weighted by Crippen LogP contribution is -2.15. The Morgan fingerprint density at radius 2 is 1.85 bits per heavy atom. The number of hydrogen-bond donors (Lipinski definition) is 1. The molecule has 2 heteroatoms. The summed E-state index contributed by atoms with van der Waals surface area (Å²) in [7, 11) is 0. The van der Waals surface area contributed by atoms with Crippen LogP contribution in [0.4, 0.5) is 0 Å². The highest BCUT2D eigenvalue weighted by atomic mass is 16.5. The standard InChI is InChI=1S/C18H21NO/c1-14-5-7-15(8-6-14)13-20-18-4-2-3-16(11-18)12-19-17-9-10-17/h2-8,11,17,19H,9-10,12-13H2,1H3. The highest BCUT2D eigenvalue weighted by Crippen LogP contribution is 2.20. The maximum atomic E-state index is 5.87. The summed E-state index contributed by atoms with van der Waals surface area (Å²) in [5.41, 5.74) is 3.78. The van der Waals surface area contributed by atoms with Gasteiger partial charge in [-0.25, -0.2) is 0 Å². The van der Waals surface area contributed by atoms with Crippen molar-refractivity contribution in [3.8, 4) is 5.75 Å². The van der Waals surface area contributed by atoms with E-state index in [4.69, 9.17) is 4.74 Å². The van der Waals surface area contributed by atoms with Crippen molar-refractivity contribution in [1.29, 1.82) is 0 Å². The van der Waals surface area contributed by atoms with Gasteiger partial charge in [-0.2, -0.15) is 0 Å². The van der Waals surface area contributed by atoms with Gasteiger partial charge in [-0.15, -0.1) is 0 Å². The van der Waals surface area contributed by atoms with Gasteiger partial charge in [0.05, 0.1) is 0 Å². The van der Waals surface area contributed by atoms with Crippen molar-refractivity contribution in [2.24, 2.45) is 0 Å². The molecule has 0 saturated heterocycles. The van der Waals surface area contributed by atoms with Crippen LogP contribution in [0, 0.1) is 6.92 Å². The zero-order chi connectivity index (χ0) is 13.8. The zero-order valence-electron chi connectivity index (χ0n) is 11.9. The van der Waals surface area contributed by atoms with Gasteiger partial charge < -0.3 is 10.1 Å². The quantitative estimate of drug-likeness (QED) is 0.859. The van der Waals surface area contributed by atoms with E-state index in [0.717, 1.165) is 18.3 Å². The Morgan fingerprint density at radius 1 is 1.05 bits per heavy atom. The number of rotatable bonds is 6. The van der Waals surface area contributed by atoms with Gasteiger partial charge in [0.1, 0.15) is 12.4 Å². The van der Waals surface area contributed by atoms with Gasteiger partial charge in [0.15, 0.2) is 0 Å². The van der Waals surface area contributed by atoms with Gasteiger partial charge >= 0.3 is 0 Å². The summed E-state index contributed by atoms with van der Waals surface area (Å²) in [5, 5.41) is 3.52. The van der Waals surface area contributed by atoms with E-state index in [1.54, 1.807) is 0 Å².